The van der Waals surface area contributed by atoms with Crippen LogP contribution in [-0.2, 0) is 6.61 Å². The second-order valence-corrected chi connectivity index (χ2v) is 1.45. The Hall–Kier alpha value is -0.890. The molecular formula is C7H7FO. The van der Waals surface area contributed by atoms with Crippen LogP contribution in [0.15, 0.2) is 24.2 Å². The van der Waals surface area contributed by atoms with Crippen molar-refractivity contribution >= 4 is 0 Å². The quantitative estimate of drug-likeness (QED) is 0.607. The molecule has 0 radical (unpaired) electrons. The number of hydrogen-bond acceptors (Lipinski definition) is 1. The first-order valence-corrected chi connectivity index (χ1v) is 2.36. The Balaban J connectivity index is 3.56. The number of aliphatic hydroxyl groups is 1. The molecule has 0 unspecified atom stereocenters. The van der Waals surface area contributed by atoms with Gasteiger partial charge in [0.1, 0.15) is 5.82 Å². The smallest absolute Gasteiger partial charge is 0.123 e. The van der Waals surface area contributed by atoms with Crippen LogP contribution >= 0.6 is 0 Å². The Labute approximate surface area is 58.4 Å². The molecule has 0 spiro atoms. The van der Waals surface area contributed by atoms with E-state index in [4.69, 9.17) is 10.6 Å². The number of rotatable bonds is 1. The van der Waals surface area contributed by atoms with Gasteiger partial charge >= 0.3 is 0 Å². The molecule has 0 atom stereocenters. The van der Waals surface area contributed by atoms with Crippen molar-refractivity contribution in [2.45, 2.75) is 6.61 Å². The van der Waals surface area contributed by atoms with Crippen molar-refractivity contribution in [3.63, 3.8) is 0 Å². The molecule has 0 aliphatic rings. The lowest BCUT2D eigenvalue weighted by Crippen LogP contribution is -1.81. The van der Waals surface area contributed by atoms with Crippen molar-refractivity contribution in [2.24, 2.45) is 0 Å². The minimum atomic E-state index is -1.19. The summed E-state index contributed by atoms with van der Waals surface area (Å²) in [5, 5.41) is 8.71. The zero-order chi connectivity index (χ0) is 10.2. The molecule has 0 amide bonds. The van der Waals surface area contributed by atoms with Crippen LogP contribution in [-0.4, -0.2) is 5.11 Å². The minimum Gasteiger partial charge on any atom is -0.392 e. The van der Waals surface area contributed by atoms with Crippen LogP contribution in [0.1, 0.15) is 11.0 Å². The zero-order valence-electron chi connectivity index (χ0n) is 8.53. The number of aliphatic hydroxyl groups excluding tert-OH is 1. The third kappa shape index (κ3) is 1.50. The molecule has 1 rings (SSSR count). The van der Waals surface area contributed by atoms with E-state index in [1.165, 1.54) is 0 Å². The van der Waals surface area contributed by atoms with Crippen molar-refractivity contribution in [3.05, 3.63) is 35.6 Å². The Morgan fingerprint density at radius 2 is 2.00 bits per heavy atom. The van der Waals surface area contributed by atoms with Crippen LogP contribution in [0, 0.1) is 5.82 Å². The van der Waals surface area contributed by atoms with Crippen LogP contribution in [0.4, 0.5) is 4.39 Å². The van der Waals surface area contributed by atoms with Gasteiger partial charge in [-0.25, -0.2) is 4.39 Å². The van der Waals surface area contributed by atoms with Crippen LogP contribution < -0.4 is 0 Å². The van der Waals surface area contributed by atoms with Gasteiger partial charge in [-0.05, 0) is 17.6 Å². The lowest BCUT2D eigenvalue weighted by Gasteiger charge is -1.91. The summed E-state index contributed by atoms with van der Waals surface area (Å²) in [6.07, 6.45) is 0. The first-order chi connectivity index (χ1) is 6.00. The van der Waals surface area contributed by atoms with Crippen LogP contribution in [0.2, 0.25) is 0 Å². The summed E-state index contributed by atoms with van der Waals surface area (Å²) >= 11 is 0. The molecule has 0 saturated carbocycles. The number of benzene rings is 1. The molecule has 48 valence electrons. The van der Waals surface area contributed by atoms with E-state index in [2.05, 4.69) is 0 Å². The average Bonchev–Trinajstić information content (AvgIpc) is 2.13. The largest absolute Gasteiger partial charge is 0.392 e. The van der Waals surface area contributed by atoms with Gasteiger partial charge in [0.25, 0.3) is 0 Å². The molecule has 1 aromatic rings. The van der Waals surface area contributed by atoms with Crippen molar-refractivity contribution in [1.29, 1.82) is 0 Å². The minimum absolute atomic E-state index is 0.184. The van der Waals surface area contributed by atoms with Gasteiger partial charge in [0.05, 0.1) is 12.1 Å². The van der Waals surface area contributed by atoms with Gasteiger partial charge < -0.3 is 5.11 Å². The summed E-state index contributed by atoms with van der Waals surface area (Å²) in [7, 11) is 0. The van der Waals surface area contributed by atoms with E-state index in [0.29, 0.717) is 0 Å². The third-order valence-corrected chi connectivity index (χ3v) is 0.804. The maximum absolute atomic E-state index is 12.9. The predicted molar refractivity (Wildman–Crippen MR) is 32.3 cm³/mol. The van der Waals surface area contributed by atoms with Gasteiger partial charge in [0, 0.05) is 0 Å². The Morgan fingerprint density at radius 1 is 1.44 bits per heavy atom. The van der Waals surface area contributed by atoms with E-state index in [1.807, 2.05) is 0 Å². The molecule has 0 heterocycles. The molecule has 2 heteroatoms. The van der Waals surface area contributed by atoms with Gasteiger partial charge in [0.2, 0.25) is 0 Å². The van der Waals surface area contributed by atoms with Gasteiger partial charge in [0.15, 0.2) is 0 Å². The van der Waals surface area contributed by atoms with Gasteiger partial charge in [-0.3, -0.25) is 0 Å². The van der Waals surface area contributed by atoms with E-state index in [1.54, 1.807) is 0 Å². The fourth-order valence-electron chi connectivity index (χ4n) is 0.402. The molecule has 1 aromatic carbocycles. The van der Waals surface area contributed by atoms with E-state index in [9.17, 15) is 4.39 Å². The number of halogens is 1. The summed E-state index contributed by atoms with van der Waals surface area (Å²) in [6, 6.07) is -2.54. The first-order valence-electron chi connectivity index (χ1n) is 4.36. The monoisotopic (exact) mass is 130 g/mol. The normalized spacial score (nSPS) is 15.8. The highest BCUT2D eigenvalue weighted by atomic mass is 19.1. The van der Waals surface area contributed by atoms with Crippen LogP contribution in [0.25, 0.3) is 0 Å². The van der Waals surface area contributed by atoms with Crippen molar-refractivity contribution in [2.75, 3.05) is 0 Å². The van der Waals surface area contributed by atoms with Gasteiger partial charge in [-0.1, -0.05) is 12.1 Å². The van der Waals surface area contributed by atoms with Crippen molar-refractivity contribution in [3.8, 4) is 0 Å². The molecule has 0 fully saturated rings. The average molecular weight is 130 g/mol. The van der Waals surface area contributed by atoms with Crippen LogP contribution in [0.3, 0.4) is 0 Å². The van der Waals surface area contributed by atoms with Gasteiger partial charge in [-0.2, -0.15) is 0 Å². The van der Waals surface area contributed by atoms with E-state index < -0.39 is 36.6 Å². The Bertz CT molecular complexity index is 324. The van der Waals surface area contributed by atoms with Crippen molar-refractivity contribution < 1.29 is 15.0 Å². The summed E-state index contributed by atoms with van der Waals surface area (Å²) < 4.78 is 41.3. The fraction of sp³-hybridized carbons (Fsp3) is 0.143. The predicted octanol–water partition coefficient (Wildman–Crippen LogP) is 1.32. The molecule has 0 bridgehead atoms. The molecule has 1 N–H and O–H groups in total. The Kier molecular flexibility index (Phi) is 0.807. The van der Waals surface area contributed by atoms with Gasteiger partial charge in [-0.15, -0.1) is 0 Å². The highest BCUT2D eigenvalue weighted by Crippen LogP contribution is 2.00. The molecule has 0 aliphatic carbocycles. The highest BCUT2D eigenvalue weighted by molar-refractivity contribution is 5.14. The zero-order valence-corrected chi connectivity index (χ0v) is 4.53. The van der Waals surface area contributed by atoms with E-state index >= 15 is 0 Å². The SMILES string of the molecule is [2H]c1c([2H])c(CO)c([2H])c([2H])c1F. The first kappa shape index (κ1) is 2.80. The maximum atomic E-state index is 12.9. The molecular weight excluding hydrogens is 119 g/mol. The summed E-state index contributed by atoms with van der Waals surface area (Å²) in [6.45, 7) is -0.629. The molecule has 0 aliphatic heterocycles. The van der Waals surface area contributed by atoms with Crippen molar-refractivity contribution in [1.82, 2.24) is 0 Å². The Morgan fingerprint density at radius 3 is 2.44 bits per heavy atom. The topological polar surface area (TPSA) is 20.2 Å². The fourth-order valence-corrected chi connectivity index (χ4v) is 0.402. The van der Waals surface area contributed by atoms with E-state index in [0.717, 1.165) is 0 Å². The molecule has 9 heavy (non-hydrogen) atoms. The van der Waals surface area contributed by atoms with Crippen LogP contribution in [0.5, 0.6) is 0 Å². The lowest BCUT2D eigenvalue weighted by atomic mass is 10.2. The maximum Gasteiger partial charge on any atom is 0.123 e. The molecule has 0 saturated heterocycles. The third-order valence-electron chi connectivity index (χ3n) is 0.804. The standard InChI is InChI=1S/C7H7FO/c8-7-3-1-6(5-9)2-4-7/h1-4,9H,5H2/i1D,2D,3D,4D. The summed E-state index contributed by atoms with van der Waals surface area (Å²) in [4.78, 5) is 0. The second-order valence-electron chi connectivity index (χ2n) is 1.45. The van der Waals surface area contributed by atoms with E-state index in [-0.39, 0.29) is 5.56 Å². The summed E-state index contributed by atoms with van der Waals surface area (Å²) in [5.41, 5.74) is -0.184. The lowest BCUT2D eigenvalue weighted by molar-refractivity contribution is 0.281. The molecule has 1 nitrogen and oxygen atoms in total. The summed E-state index contributed by atoms with van der Waals surface area (Å²) in [5.74, 6) is -1.19. The highest BCUT2D eigenvalue weighted by Gasteiger charge is 1.88. The molecule has 0 aromatic heterocycles. The number of hydrogen-bond donors (Lipinski definition) is 1. The second kappa shape index (κ2) is 2.60.